The molecule has 0 spiro atoms. The Labute approximate surface area is 167 Å². The Morgan fingerprint density at radius 2 is 1.86 bits per heavy atom. The van der Waals surface area contributed by atoms with Gasteiger partial charge in [-0.05, 0) is 50.5 Å². The predicted molar refractivity (Wildman–Crippen MR) is 106 cm³/mol. The summed E-state index contributed by atoms with van der Waals surface area (Å²) in [4.78, 5) is 27.4. The second-order valence-corrected chi connectivity index (χ2v) is 8.81. The number of rotatable bonds is 9. The van der Waals surface area contributed by atoms with Gasteiger partial charge in [-0.1, -0.05) is 12.8 Å². The zero-order chi connectivity index (χ0) is 19.3. The average molecular weight is 388 g/mol. The van der Waals surface area contributed by atoms with Crippen molar-refractivity contribution in [2.75, 3.05) is 13.1 Å². The molecule has 1 aromatic heterocycles. The first-order valence-electron chi connectivity index (χ1n) is 11.0. The molecule has 0 unspecified atom stereocenters. The molecule has 0 bridgehead atoms. The molecular weight excluding hydrogens is 354 g/mol. The van der Waals surface area contributed by atoms with Crippen molar-refractivity contribution < 1.29 is 9.59 Å². The molecule has 2 atom stereocenters. The molecule has 3 N–H and O–H groups in total. The number of aromatic amines is 1. The molecule has 28 heavy (non-hydrogen) atoms. The minimum atomic E-state index is 0.0936. The van der Waals surface area contributed by atoms with Gasteiger partial charge in [-0.3, -0.25) is 19.6 Å². The van der Waals surface area contributed by atoms with E-state index in [9.17, 15) is 9.59 Å². The SMILES string of the molecule is O=C(C[C@H]1CC[C@@H](CNC(=O)C2CCCC2)N1CC1CC1)NCc1ccn[nH]1. The zero-order valence-corrected chi connectivity index (χ0v) is 16.7. The minimum absolute atomic E-state index is 0.0936. The molecule has 2 aliphatic carbocycles. The zero-order valence-electron chi connectivity index (χ0n) is 16.7. The quantitative estimate of drug-likeness (QED) is 0.604. The van der Waals surface area contributed by atoms with Crippen LogP contribution >= 0.6 is 0 Å². The molecule has 2 saturated carbocycles. The van der Waals surface area contributed by atoms with E-state index < -0.39 is 0 Å². The van der Waals surface area contributed by atoms with Gasteiger partial charge in [0, 0.05) is 43.7 Å². The van der Waals surface area contributed by atoms with Crippen LogP contribution < -0.4 is 10.6 Å². The van der Waals surface area contributed by atoms with Crippen LogP contribution in [0.1, 0.15) is 63.5 Å². The topological polar surface area (TPSA) is 90.1 Å². The van der Waals surface area contributed by atoms with Crippen LogP contribution in [0, 0.1) is 11.8 Å². The number of nitrogens with one attached hydrogen (secondary N) is 3. The summed E-state index contributed by atoms with van der Waals surface area (Å²) >= 11 is 0. The van der Waals surface area contributed by atoms with Gasteiger partial charge in [-0.25, -0.2) is 0 Å². The molecule has 1 saturated heterocycles. The van der Waals surface area contributed by atoms with Crippen molar-refractivity contribution in [2.24, 2.45) is 11.8 Å². The first kappa shape index (κ1) is 19.4. The van der Waals surface area contributed by atoms with Crippen molar-refractivity contribution in [1.29, 1.82) is 0 Å². The third-order valence-corrected chi connectivity index (χ3v) is 6.63. The monoisotopic (exact) mass is 387 g/mol. The third-order valence-electron chi connectivity index (χ3n) is 6.63. The number of likely N-dealkylation sites (tertiary alicyclic amines) is 1. The van der Waals surface area contributed by atoms with E-state index >= 15 is 0 Å². The molecule has 3 fully saturated rings. The van der Waals surface area contributed by atoms with Crippen LogP contribution in [-0.4, -0.2) is 52.1 Å². The van der Waals surface area contributed by atoms with Gasteiger partial charge in [0.2, 0.25) is 11.8 Å². The summed E-state index contributed by atoms with van der Waals surface area (Å²) in [5, 5.41) is 13.0. The van der Waals surface area contributed by atoms with Gasteiger partial charge in [0.05, 0.1) is 12.2 Å². The fourth-order valence-electron chi connectivity index (χ4n) is 4.76. The number of H-pyrrole nitrogens is 1. The van der Waals surface area contributed by atoms with E-state index in [1.165, 1.54) is 25.7 Å². The van der Waals surface area contributed by atoms with E-state index in [1.54, 1.807) is 6.20 Å². The number of aromatic nitrogens is 2. The van der Waals surface area contributed by atoms with Crippen molar-refractivity contribution in [3.05, 3.63) is 18.0 Å². The van der Waals surface area contributed by atoms with E-state index in [0.717, 1.165) is 50.4 Å². The van der Waals surface area contributed by atoms with Crippen molar-refractivity contribution in [1.82, 2.24) is 25.7 Å². The van der Waals surface area contributed by atoms with Crippen molar-refractivity contribution in [3.8, 4) is 0 Å². The Bertz CT molecular complexity index is 652. The highest BCUT2D eigenvalue weighted by Crippen LogP contribution is 2.35. The Morgan fingerprint density at radius 3 is 2.57 bits per heavy atom. The van der Waals surface area contributed by atoms with Gasteiger partial charge in [0.1, 0.15) is 0 Å². The lowest BCUT2D eigenvalue weighted by molar-refractivity contribution is -0.125. The molecule has 154 valence electrons. The van der Waals surface area contributed by atoms with Gasteiger partial charge in [-0.2, -0.15) is 5.10 Å². The van der Waals surface area contributed by atoms with Gasteiger partial charge in [0.25, 0.3) is 0 Å². The Kier molecular flexibility index (Phi) is 6.29. The van der Waals surface area contributed by atoms with Crippen LogP contribution in [0.2, 0.25) is 0 Å². The van der Waals surface area contributed by atoms with Gasteiger partial charge in [-0.15, -0.1) is 0 Å². The highest BCUT2D eigenvalue weighted by molar-refractivity contribution is 5.79. The summed E-state index contributed by atoms with van der Waals surface area (Å²) in [5.41, 5.74) is 0.919. The van der Waals surface area contributed by atoms with Crippen LogP contribution in [-0.2, 0) is 16.1 Å². The standard InChI is InChI=1S/C21H33N5O2/c27-20(22-12-17-9-10-24-25-17)11-18-7-8-19(26(18)14-15-5-6-15)13-23-21(28)16-3-1-2-4-16/h9-10,15-16,18-19H,1-8,11-14H2,(H,22,27)(H,23,28)(H,24,25)/t18-,19+/m1/s1. The fraction of sp³-hybridized carbons (Fsp3) is 0.762. The van der Waals surface area contributed by atoms with Crippen LogP contribution in [0.25, 0.3) is 0 Å². The highest BCUT2D eigenvalue weighted by atomic mass is 16.2. The maximum absolute atomic E-state index is 12.4. The summed E-state index contributed by atoms with van der Waals surface area (Å²) in [5.74, 6) is 1.34. The van der Waals surface area contributed by atoms with Crippen molar-refractivity contribution >= 4 is 11.8 Å². The van der Waals surface area contributed by atoms with Crippen molar-refractivity contribution in [2.45, 2.75) is 76.4 Å². The van der Waals surface area contributed by atoms with Crippen molar-refractivity contribution in [3.63, 3.8) is 0 Å². The molecule has 0 aromatic carbocycles. The van der Waals surface area contributed by atoms with Crippen LogP contribution in [0.4, 0.5) is 0 Å². The molecule has 0 radical (unpaired) electrons. The van der Waals surface area contributed by atoms with Gasteiger partial charge < -0.3 is 10.6 Å². The van der Waals surface area contributed by atoms with E-state index in [4.69, 9.17) is 0 Å². The predicted octanol–water partition coefficient (Wildman–Crippen LogP) is 1.97. The first-order chi connectivity index (χ1) is 13.7. The number of hydrogen-bond acceptors (Lipinski definition) is 4. The fourth-order valence-corrected chi connectivity index (χ4v) is 4.76. The minimum Gasteiger partial charge on any atom is -0.354 e. The largest absolute Gasteiger partial charge is 0.354 e. The maximum Gasteiger partial charge on any atom is 0.223 e. The molecule has 2 amide bonds. The number of amides is 2. The Hall–Kier alpha value is -1.89. The summed E-state index contributed by atoms with van der Waals surface area (Å²) in [7, 11) is 0. The maximum atomic E-state index is 12.4. The van der Waals surface area contributed by atoms with E-state index in [2.05, 4.69) is 25.7 Å². The lowest BCUT2D eigenvalue weighted by Crippen LogP contribution is -2.46. The average Bonchev–Trinajstić information content (AvgIpc) is 3.12. The number of carbonyl (C=O) groups excluding carboxylic acids is 2. The summed E-state index contributed by atoms with van der Waals surface area (Å²) in [6.07, 6.45) is 11.4. The molecule has 7 heteroatoms. The lowest BCUT2D eigenvalue weighted by atomic mass is 10.1. The summed E-state index contributed by atoms with van der Waals surface area (Å²) in [6.45, 7) is 2.30. The lowest BCUT2D eigenvalue weighted by Gasteiger charge is -2.30. The van der Waals surface area contributed by atoms with Crippen LogP contribution in [0.5, 0.6) is 0 Å². The second kappa shape index (κ2) is 9.07. The summed E-state index contributed by atoms with van der Waals surface area (Å²) < 4.78 is 0. The van der Waals surface area contributed by atoms with E-state index in [-0.39, 0.29) is 23.8 Å². The van der Waals surface area contributed by atoms with E-state index in [0.29, 0.717) is 19.0 Å². The van der Waals surface area contributed by atoms with Crippen LogP contribution in [0.3, 0.4) is 0 Å². The van der Waals surface area contributed by atoms with E-state index in [1.807, 2.05) is 6.07 Å². The van der Waals surface area contributed by atoms with Crippen LogP contribution in [0.15, 0.2) is 12.3 Å². The molecular formula is C21H33N5O2. The molecule has 3 aliphatic rings. The first-order valence-corrected chi connectivity index (χ1v) is 11.0. The third kappa shape index (κ3) is 5.13. The number of nitrogens with zero attached hydrogens (tertiary/aromatic N) is 2. The summed E-state index contributed by atoms with van der Waals surface area (Å²) in [6, 6.07) is 2.53. The highest BCUT2D eigenvalue weighted by Gasteiger charge is 2.38. The molecule has 7 nitrogen and oxygen atoms in total. The Morgan fingerprint density at radius 1 is 1.07 bits per heavy atom. The number of carbonyl (C=O) groups is 2. The Balaban J connectivity index is 1.27. The molecule has 1 aliphatic heterocycles. The molecule has 1 aromatic rings. The van der Waals surface area contributed by atoms with Gasteiger partial charge in [0.15, 0.2) is 0 Å². The molecule has 2 heterocycles. The smallest absolute Gasteiger partial charge is 0.223 e. The second-order valence-electron chi connectivity index (χ2n) is 8.81. The normalized spacial score (nSPS) is 25.9. The number of hydrogen-bond donors (Lipinski definition) is 3. The van der Waals surface area contributed by atoms with Gasteiger partial charge >= 0.3 is 0 Å². The molecule has 4 rings (SSSR count).